The molecule has 0 N–H and O–H groups in total. The Bertz CT molecular complexity index is 559. The number of methoxy groups -OCH3 is 1. The molecule has 5 nitrogen and oxygen atoms in total. The Morgan fingerprint density at radius 1 is 1.33 bits per heavy atom. The first kappa shape index (κ1) is 14.5. The highest BCUT2D eigenvalue weighted by atomic mass is 32.2. The lowest BCUT2D eigenvalue weighted by Gasteiger charge is -2.15. The summed E-state index contributed by atoms with van der Waals surface area (Å²) in [6.45, 7) is -0.516. The zero-order valence-corrected chi connectivity index (χ0v) is 10.5. The molecule has 1 rings (SSSR count). The molecule has 0 heterocycles. The summed E-state index contributed by atoms with van der Waals surface area (Å²) in [5.74, 6) is -3.18. The number of nitrogens with zero attached hydrogens (tertiary/aromatic N) is 1. The molecule has 0 aliphatic heterocycles. The van der Waals surface area contributed by atoms with E-state index in [0.717, 1.165) is 20.2 Å². The van der Waals surface area contributed by atoms with Gasteiger partial charge in [0.15, 0.2) is 11.6 Å². The maximum atomic E-state index is 13.0. The van der Waals surface area contributed by atoms with Gasteiger partial charge in [0.1, 0.15) is 6.54 Å². The SMILES string of the molecule is COC(=O)CN(C)S(=O)(=O)c1ccc(F)c(F)c1. The quantitative estimate of drug-likeness (QED) is 0.763. The molecule has 0 saturated carbocycles. The van der Waals surface area contributed by atoms with Crippen LogP contribution in [0.2, 0.25) is 0 Å². The van der Waals surface area contributed by atoms with E-state index in [2.05, 4.69) is 4.74 Å². The summed E-state index contributed by atoms with van der Waals surface area (Å²) in [5.41, 5.74) is 0. The Kier molecular flexibility index (Phi) is 4.36. The van der Waals surface area contributed by atoms with Crippen LogP contribution < -0.4 is 0 Å². The summed E-state index contributed by atoms with van der Waals surface area (Å²) >= 11 is 0. The Balaban J connectivity index is 3.05. The minimum Gasteiger partial charge on any atom is -0.468 e. The van der Waals surface area contributed by atoms with Crippen molar-refractivity contribution in [1.82, 2.24) is 4.31 Å². The van der Waals surface area contributed by atoms with Crippen LogP contribution in [-0.4, -0.2) is 39.4 Å². The van der Waals surface area contributed by atoms with E-state index < -0.39 is 39.1 Å². The van der Waals surface area contributed by atoms with Crippen LogP contribution in [0, 0.1) is 11.6 Å². The van der Waals surface area contributed by atoms with Gasteiger partial charge in [-0.25, -0.2) is 17.2 Å². The molecule has 0 atom stereocenters. The van der Waals surface area contributed by atoms with Gasteiger partial charge in [-0.05, 0) is 18.2 Å². The maximum absolute atomic E-state index is 13.0. The van der Waals surface area contributed by atoms with Crippen molar-refractivity contribution in [3.63, 3.8) is 0 Å². The number of carbonyl (C=O) groups is 1. The van der Waals surface area contributed by atoms with E-state index in [-0.39, 0.29) is 0 Å². The fourth-order valence-corrected chi connectivity index (χ4v) is 2.28. The van der Waals surface area contributed by atoms with Gasteiger partial charge in [0.25, 0.3) is 0 Å². The van der Waals surface area contributed by atoms with E-state index in [1.165, 1.54) is 0 Å². The minimum atomic E-state index is -4.06. The van der Waals surface area contributed by atoms with Gasteiger partial charge in [0.05, 0.1) is 12.0 Å². The molecule has 0 saturated heterocycles. The fourth-order valence-electron chi connectivity index (χ4n) is 1.15. The lowest BCUT2D eigenvalue weighted by atomic mass is 10.3. The Labute approximate surface area is 103 Å². The van der Waals surface area contributed by atoms with E-state index in [0.29, 0.717) is 16.4 Å². The summed E-state index contributed by atoms with van der Waals surface area (Å²) in [5, 5.41) is 0. The van der Waals surface area contributed by atoms with E-state index >= 15 is 0 Å². The molecule has 0 bridgehead atoms. The number of rotatable bonds is 4. The number of hydrogen-bond acceptors (Lipinski definition) is 4. The summed E-state index contributed by atoms with van der Waals surface area (Å²) < 4.78 is 54.4. The molecule has 8 heteroatoms. The van der Waals surface area contributed by atoms with Gasteiger partial charge >= 0.3 is 5.97 Å². The number of benzene rings is 1. The van der Waals surface area contributed by atoms with Crippen molar-refractivity contribution in [1.29, 1.82) is 0 Å². The van der Waals surface area contributed by atoms with Gasteiger partial charge in [-0.1, -0.05) is 0 Å². The Hall–Kier alpha value is -1.54. The van der Waals surface area contributed by atoms with Gasteiger partial charge < -0.3 is 4.74 Å². The van der Waals surface area contributed by atoms with Crippen LogP contribution in [0.4, 0.5) is 8.78 Å². The molecule has 0 amide bonds. The van der Waals surface area contributed by atoms with Crippen LogP contribution in [0.5, 0.6) is 0 Å². The van der Waals surface area contributed by atoms with E-state index in [9.17, 15) is 22.0 Å². The van der Waals surface area contributed by atoms with Crippen LogP contribution >= 0.6 is 0 Å². The molecule has 0 aliphatic carbocycles. The highest BCUT2D eigenvalue weighted by molar-refractivity contribution is 7.89. The standard InChI is InChI=1S/C10H11F2NO4S/c1-13(6-10(14)17-2)18(15,16)7-3-4-8(11)9(12)5-7/h3-5H,6H2,1-2H3. The van der Waals surface area contributed by atoms with Crippen LogP contribution in [0.1, 0.15) is 0 Å². The minimum absolute atomic E-state index is 0.437. The monoisotopic (exact) mass is 279 g/mol. The van der Waals surface area contributed by atoms with Crippen molar-refractivity contribution >= 4 is 16.0 Å². The smallest absolute Gasteiger partial charge is 0.321 e. The number of sulfonamides is 1. The number of hydrogen-bond donors (Lipinski definition) is 0. The Morgan fingerprint density at radius 3 is 2.44 bits per heavy atom. The Morgan fingerprint density at radius 2 is 1.94 bits per heavy atom. The lowest BCUT2D eigenvalue weighted by molar-refractivity contribution is -0.140. The molecule has 18 heavy (non-hydrogen) atoms. The number of likely N-dealkylation sites (N-methyl/N-ethyl adjacent to an activating group) is 1. The first-order chi connectivity index (χ1) is 8.28. The van der Waals surface area contributed by atoms with E-state index in [1.54, 1.807) is 0 Å². The highest BCUT2D eigenvalue weighted by Crippen LogP contribution is 2.17. The zero-order valence-electron chi connectivity index (χ0n) is 9.68. The molecule has 1 aromatic rings. The molecule has 1 aromatic carbocycles. The molecule has 0 aromatic heterocycles. The zero-order chi connectivity index (χ0) is 13.9. The predicted octanol–water partition coefficient (Wildman–Crippen LogP) is 0.758. The number of halogens is 2. The van der Waals surface area contributed by atoms with Crippen molar-refractivity contribution in [2.24, 2.45) is 0 Å². The van der Waals surface area contributed by atoms with Gasteiger partial charge in [-0.2, -0.15) is 4.31 Å². The van der Waals surface area contributed by atoms with Gasteiger partial charge in [0.2, 0.25) is 10.0 Å². The molecule has 0 spiro atoms. The third kappa shape index (κ3) is 3.02. The molecule has 0 unspecified atom stereocenters. The van der Waals surface area contributed by atoms with Crippen LogP contribution in [0.15, 0.2) is 23.1 Å². The van der Waals surface area contributed by atoms with Crippen molar-refractivity contribution in [2.75, 3.05) is 20.7 Å². The first-order valence-corrected chi connectivity index (χ1v) is 6.21. The molecular weight excluding hydrogens is 268 g/mol. The number of esters is 1. The third-order valence-corrected chi connectivity index (χ3v) is 3.98. The van der Waals surface area contributed by atoms with Gasteiger partial charge in [-0.15, -0.1) is 0 Å². The molecule has 0 radical (unpaired) electrons. The second-order valence-electron chi connectivity index (χ2n) is 3.41. The largest absolute Gasteiger partial charge is 0.468 e. The average Bonchev–Trinajstić information content (AvgIpc) is 2.32. The second kappa shape index (κ2) is 5.40. The highest BCUT2D eigenvalue weighted by Gasteiger charge is 2.24. The first-order valence-electron chi connectivity index (χ1n) is 4.77. The average molecular weight is 279 g/mol. The third-order valence-electron chi connectivity index (χ3n) is 2.18. The van der Waals surface area contributed by atoms with E-state index in [1.807, 2.05) is 0 Å². The summed E-state index contributed by atoms with van der Waals surface area (Å²) in [7, 11) is -1.81. The van der Waals surface area contributed by atoms with Crippen LogP contribution in [-0.2, 0) is 19.6 Å². The summed E-state index contributed by atoms with van der Waals surface area (Å²) in [6.07, 6.45) is 0. The fraction of sp³-hybridized carbons (Fsp3) is 0.300. The molecular formula is C10H11F2NO4S. The van der Waals surface area contributed by atoms with Crippen molar-refractivity contribution < 1.29 is 26.7 Å². The predicted molar refractivity (Wildman–Crippen MR) is 58.2 cm³/mol. The molecule has 100 valence electrons. The molecule has 0 aliphatic rings. The summed E-state index contributed by atoms with van der Waals surface area (Å²) in [4.78, 5) is 10.5. The second-order valence-corrected chi connectivity index (χ2v) is 5.46. The van der Waals surface area contributed by atoms with E-state index in [4.69, 9.17) is 0 Å². The van der Waals surface area contributed by atoms with Crippen molar-refractivity contribution in [3.05, 3.63) is 29.8 Å². The summed E-state index contributed by atoms with van der Waals surface area (Å²) in [6, 6.07) is 2.17. The lowest BCUT2D eigenvalue weighted by Crippen LogP contribution is -2.32. The number of carbonyl (C=O) groups excluding carboxylic acids is 1. The van der Waals surface area contributed by atoms with Gasteiger partial charge in [-0.3, -0.25) is 4.79 Å². The topological polar surface area (TPSA) is 63.7 Å². The van der Waals surface area contributed by atoms with Gasteiger partial charge in [0, 0.05) is 7.05 Å². The molecule has 0 fully saturated rings. The number of ether oxygens (including phenoxy) is 1. The van der Waals surface area contributed by atoms with Crippen molar-refractivity contribution in [2.45, 2.75) is 4.90 Å². The van der Waals surface area contributed by atoms with Crippen LogP contribution in [0.3, 0.4) is 0 Å². The van der Waals surface area contributed by atoms with Crippen LogP contribution in [0.25, 0.3) is 0 Å². The van der Waals surface area contributed by atoms with Crippen molar-refractivity contribution in [3.8, 4) is 0 Å². The normalized spacial score (nSPS) is 11.6. The maximum Gasteiger partial charge on any atom is 0.321 e.